The SMILES string of the molecule is O=C(c1ccc(C(F)(F)F)cc1)N(CCN1CCCC1)Cc1cc(-c2ccc3[nH]ccc3c2)cs1. The number of carbonyl (C=O) groups excluding carboxylic acids is 1. The average molecular weight is 498 g/mol. The number of H-pyrrole nitrogens is 1. The van der Waals surface area contributed by atoms with Crippen molar-refractivity contribution in [1.82, 2.24) is 14.8 Å². The van der Waals surface area contributed by atoms with Gasteiger partial charge < -0.3 is 14.8 Å². The molecule has 0 radical (unpaired) electrons. The number of benzene rings is 2. The molecule has 0 bridgehead atoms. The highest BCUT2D eigenvalue weighted by Crippen LogP contribution is 2.31. The highest BCUT2D eigenvalue weighted by molar-refractivity contribution is 7.10. The van der Waals surface area contributed by atoms with Gasteiger partial charge in [0.25, 0.3) is 5.91 Å². The van der Waals surface area contributed by atoms with Crippen LogP contribution in [0.5, 0.6) is 0 Å². The number of aromatic nitrogens is 1. The minimum atomic E-state index is -4.42. The molecule has 1 aliphatic rings. The van der Waals surface area contributed by atoms with Crippen molar-refractivity contribution in [3.63, 3.8) is 0 Å². The lowest BCUT2D eigenvalue weighted by Gasteiger charge is -2.25. The van der Waals surface area contributed by atoms with Crippen LogP contribution in [0.2, 0.25) is 0 Å². The average Bonchev–Trinajstić information content (AvgIpc) is 3.62. The second-order valence-corrected chi connectivity index (χ2v) is 9.93. The molecule has 1 amide bonds. The highest BCUT2D eigenvalue weighted by Gasteiger charge is 2.30. The number of amides is 1. The Morgan fingerprint density at radius 3 is 2.51 bits per heavy atom. The molecule has 1 N–H and O–H groups in total. The number of hydrogen-bond acceptors (Lipinski definition) is 3. The summed E-state index contributed by atoms with van der Waals surface area (Å²) in [5, 5.41) is 3.23. The van der Waals surface area contributed by atoms with Gasteiger partial charge in [-0.05, 0) is 96.4 Å². The fourth-order valence-electron chi connectivity index (χ4n) is 4.54. The van der Waals surface area contributed by atoms with Gasteiger partial charge in [0.05, 0.1) is 12.1 Å². The largest absolute Gasteiger partial charge is 0.416 e. The first-order valence-electron chi connectivity index (χ1n) is 11.7. The van der Waals surface area contributed by atoms with Gasteiger partial charge in [0.2, 0.25) is 0 Å². The fraction of sp³-hybridized carbons (Fsp3) is 0.296. The Balaban J connectivity index is 1.35. The first-order valence-corrected chi connectivity index (χ1v) is 12.6. The zero-order chi connectivity index (χ0) is 24.4. The summed E-state index contributed by atoms with van der Waals surface area (Å²) in [5.41, 5.74) is 2.81. The smallest absolute Gasteiger partial charge is 0.361 e. The maximum Gasteiger partial charge on any atom is 0.416 e. The van der Waals surface area contributed by atoms with Crippen LogP contribution in [-0.4, -0.2) is 46.9 Å². The molecule has 0 atom stereocenters. The molecule has 1 fully saturated rings. The first kappa shape index (κ1) is 23.6. The number of rotatable bonds is 7. The van der Waals surface area contributed by atoms with E-state index >= 15 is 0 Å². The number of nitrogens with one attached hydrogen (secondary N) is 1. The third-order valence-corrected chi connectivity index (χ3v) is 7.44. The number of carbonyl (C=O) groups is 1. The molecule has 4 nitrogen and oxygen atoms in total. The molecule has 35 heavy (non-hydrogen) atoms. The van der Waals surface area contributed by atoms with Gasteiger partial charge in [0.15, 0.2) is 0 Å². The Hall–Kier alpha value is -3.10. The normalized spacial score (nSPS) is 14.6. The van der Waals surface area contributed by atoms with E-state index in [0.717, 1.165) is 71.5 Å². The van der Waals surface area contributed by atoms with Gasteiger partial charge in [-0.15, -0.1) is 11.3 Å². The zero-order valence-electron chi connectivity index (χ0n) is 19.1. The number of thiophene rings is 1. The van der Waals surface area contributed by atoms with Crippen molar-refractivity contribution in [2.75, 3.05) is 26.2 Å². The van der Waals surface area contributed by atoms with Crippen molar-refractivity contribution < 1.29 is 18.0 Å². The van der Waals surface area contributed by atoms with Gasteiger partial charge in [-0.1, -0.05) is 6.07 Å². The van der Waals surface area contributed by atoms with Crippen LogP contribution in [0.15, 0.2) is 66.2 Å². The summed E-state index contributed by atoms with van der Waals surface area (Å²) in [6.07, 6.45) is -0.189. The summed E-state index contributed by atoms with van der Waals surface area (Å²) in [4.78, 5) is 21.7. The molecule has 3 heterocycles. The molecule has 2 aromatic carbocycles. The number of halogens is 3. The number of alkyl halides is 3. The van der Waals surface area contributed by atoms with Gasteiger partial charge in [0, 0.05) is 35.2 Å². The van der Waals surface area contributed by atoms with Gasteiger partial charge in [0.1, 0.15) is 0 Å². The minimum absolute atomic E-state index is 0.249. The van der Waals surface area contributed by atoms with Crippen LogP contribution in [0.1, 0.15) is 33.6 Å². The highest BCUT2D eigenvalue weighted by atomic mass is 32.1. The van der Waals surface area contributed by atoms with E-state index < -0.39 is 11.7 Å². The molecule has 1 aliphatic heterocycles. The van der Waals surface area contributed by atoms with Crippen molar-refractivity contribution in [2.45, 2.75) is 25.6 Å². The number of hydrogen-bond donors (Lipinski definition) is 1. The van der Waals surface area contributed by atoms with E-state index in [1.807, 2.05) is 12.3 Å². The Morgan fingerprint density at radius 1 is 1.00 bits per heavy atom. The topological polar surface area (TPSA) is 39.3 Å². The number of nitrogens with zero attached hydrogens (tertiary/aromatic N) is 2. The predicted octanol–water partition coefficient (Wildman–Crippen LogP) is 6.65. The summed E-state index contributed by atoms with van der Waals surface area (Å²) < 4.78 is 38.9. The first-order chi connectivity index (χ1) is 16.9. The molecular weight excluding hydrogens is 471 g/mol. The molecule has 182 valence electrons. The van der Waals surface area contributed by atoms with Gasteiger partial charge >= 0.3 is 6.18 Å². The van der Waals surface area contributed by atoms with Crippen molar-refractivity contribution in [2.24, 2.45) is 0 Å². The van der Waals surface area contributed by atoms with Crippen LogP contribution in [0.4, 0.5) is 13.2 Å². The van der Waals surface area contributed by atoms with Crippen LogP contribution < -0.4 is 0 Å². The standard InChI is InChI=1S/C27H26F3N3OS/c28-27(29,30)23-6-3-19(4-7-23)26(34)33(14-13-32-11-1-2-12-32)17-24-16-22(18-35-24)20-5-8-25-21(15-20)9-10-31-25/h3-10,15-16,18,31H,1-2,11-14,17H2. The molecule has 8 heteroatoms. The lowest BCUT2D eigenvalue weighted by atomic mass is 10.1. The van der Waals surface area contributed by atoms with Crippen LogP contribution in [0.25, 0.3) is 22.0 Å². The molecule has 2 aromatic heterocycles. The summed E-state index contributed by atoms with van der Waals surface area (Å²) in [6, 6.07) is 14.9. The Bertz CT molecular complexity index is 1300. The Morgan fingerprint density at radius 2 is 1.77 bits per heavy atom. The van der Waals surface area contributed by atoms with Gasteiger partial charge in [-0.3, -0.25) is 4.79 Å². The van der Waals surface area contributed by atoms with E-state index in [2.05, 4.69) is 39.5 Å². The van der Waals surface area contributed by atoms with Gasteiger partial charge in [-0.2, -0.15) is 13.2 Å². The van der Waals surface area contributed by atoms with E-state index in [0.29, 0.717) is 13.1 Å². The van der Waals surface area contributed by atoms with Gasteiger partial charge in [-0.25, -0.2) is 0 Å². The lowest BCUT2D eigenvalue weighted by Crippen LogP contribution is -2.37. The monoisotopic (exact) mass is 497 g/mol. The maximum absolute atomic E-state index is 13.3. The van der Waals surface area contributed by atoms with Crippen LogP contribution >= 0.6 is 11.3 Å². The van der Waals surface area contributed by atoms with Crippen molar-refractivity contribution in [1.29, 1.82) is 0 Å². The van der Waals surface area contributed by atoms with Crippen molar-refractivity contribution >= 4 is 28.1 Å². The second-order valence-electron chi connectivity index (χ2n) is 8.93. The molecule has 0 aliphatic carbocycles. The molecule has 0 saturated carbocycles. The maximum atomic E-state index is 13.3. The summed E-state index contributed by atoms with van der Waals surface area (Å²) in [6.45, 7) is 3.75. The molecule has 0 unspecified atom stereocenters. The number of aromatic amines is 1. The van der Waals surface area contributed by atoms with E-state index in [9.17, 15) is 18.0 Å². The van der Waals surface area contributed by atoms with Crippen molar-refractivity contribution in [3.05, 3.63) is 82.2 Å². The van der Waals surface area contributed by atoms with Crippen molar-refractivity contribution in [3.8, 4) is 11.1 Å². The Labute approximate surface area is 206 Å². The van der Waals surface area contributed by atoms with Crippen LogP contribution in [0.3, 0.4) is 0 Å². The summed E-state index contributed by atoms with van der Waals surface area (Å²) in [5.74, 6) is -0.249. The minimum Gasteiger partial charge on any atom is -0.361 e. The second kappa shape index (κ2) is 9.87. The quantitative estimate of drug-likeness (QED) is 0.310. The molecule has 1 saturated heterocycles. The number of likely N-dealkylation sites (tertiary alicyclic amines) is 1. The van der Waals surface area contributed by atoms with E-state index in [4.69, 9.17) is 0 Å². The summed E-state index contributed by atoms with van der Waals surface area (Å²) in [7, 11) is 0. The third-order valence-electron chi connectivity index (χ3n) is 6.52. The molecule has 0 spiro atoms. The lowest BCUT2D eigenvalue weighted by molar-refractivity contribution is -0.137. The molecular formula is C27H26F3N3OS. The van der Waals surface area contributed by atoms with E-state index in [1.54, 1.807) is 16.2 Å². The van der Waals surface area contributed by atoms with Crippen LogP contribution in [-0.2, 0) is 12.7 Å². The molecule has 4 aromatic rings. The fourth-order valence-corrected chi connectivity index (χ4v) is 5.45. The van der Waals surface area contributed by atoms with E-state index in [-0.39, 0.29) is 11.5 Å². The predicted molar refractivity (Wildman–Crippen MR) is 133 cm³/mol. The molecule has 5 rings (SSSR count). The third kappa shape index (κ3) is 5.44. The number of fused-ring (bicyclic) bond motifs is 1. The zero-order valence-corrected chi connectivity index (χ0v) is 20.0. The Kier molecular flexibility index (Phi) is 6.67. The van der Waals surface area contributed by atoms with E-state index in [1.165, 1.54) is 12.1 Å². The van der Waals surface area contributed by atoms with Crippen LogP contribution in [0, 0.1) is 0 Å². The summed E-state index contributed by atoms with van der Waals surface area (Å²) >= 11 is 1.59.